The van der Waals surface area contributed by atoms with Crippen molar-refractivity contribution in [3.8, 4) is 0 Å². The summed E-state index contributed by atoms with van der Waals surface area (Å²) in [6.07, 6.45) is 5.29. The average Bonchev–Trinajstić information content (AvgIpc) is 3.24. The molecule has 0 saturated carbocycles. The highest BCUT2D eigenvalue weighted by molar-refractivity contribution is 6.04. The molecule has 0 bridgehead atoms. The largest absolute Gasteiger partial charge is 0.397 e. The van der Waals surface area contributed by atoms with Gasteiger partial charge in [0.05, 0.1) is 23.8 Å². The molecule has 0 aliphatic carbocycles. The summed E-state index contributed by atoms with van der Waals surface area (Å²) in [5.41, 5.74) is 9.72. The third kappa shape index (κ3) is 4.13. The van der Waals surface area contributed by atoms with Gasteiger partial charge in [-0.15, -0.1) is 0 Å². The van der Waals surface area contributed by atoms with Gasteiger partial charge in [0.15, 0.2) is 0 Å². The molecular weight excluding hydrogens is 402 g/mol. The number of para-hydroxylation sites is 3. The molecule has 1 aliphatic rings. The van der Waals surface area contributed by atoms with E-state index in [0.717, 1.165) is 38.5 Å². The van der Waals surface area contributed by atoms with Crippen molar-refractivity contribution in [1.82, 2.24) is 19.9 Å². The fourth-order valence-corrected chi connectivity index (χ4v) is 4.04. The summed E-state index contributed by atoms with van der Waals surface area (Å²) >= 11 is 0. The van der Waals surface area contributed by atoms with E-state index in [2.05, 4.69) is 60.5 Å². The van der Waals surface area contributed by atoms with E-state index in [4.69, 9.17) is 5.73 Å². The predicted octanol–water partition coefficient (Wildman–Crippen LogP) is 3.11. The van der Waals surface area contributed by atoms with Crippen molar-refractivity contribution in [2.75, 3.05) is 42.1 Å². The number of hydrogen-bond acceptors (Lipinski definition) is 6. The molecule has 2 aromatic carbocycles. The highest BCUT2D eigenvalue weighted by Gasteiger charge is 2.20. The van der Waals surface area contributed by atoms with Crippen LogP contribution in [-0.2, 0) is 6.54 Å². The number of piperazine rings is 1. The molecule has 0 spiro atoms. The smallest absolute Gasteiger partial charge is 0.275 e. The first kappa shape index (κ1) is 20.0. The fraction of sp³-hybridized carbons (Fsp3) is 0.208. The Morgan fingerprint density at radius 3 is 2.56 bits per heavy atom. The average molecular weight is 428 g/mol. The molecule has 4 aromatic rings. The summed E-state index contributed by atoms with van der Waals surface area (Å²) in [6, 6.07) is 15.5. The minimum absolute atomic E-state index is 0.259. The molecule has 32 heavy (non-hydrogen) atoms. The first-order chi connectivity index (χ1) is 15.7. The van der Waals surface area contributed by atoms with Crippen molar-refractivity contribution in [3.63, 3.8) is 0 Å². The second kappa shape index (κ2) is 8.68. The topological polar surface area (TPSA) is 103 Å². The normalized spacial score (nSPS) is 14.6. The summed E-state index contributed by atoms with van der Waals surface area (Å²) in [6.45, 7) is 4.53. The minimum Gasteiger partial charge on any atom is -0.397 e. The van der Waals surface area contributed by atoms with Gasteiger partial charge >= 0.3 is 0 Å². The van der Waals surface area contributed by atoms with E-state index in [0.29, 0.717) is 11.4 Å². The number of H-pyrrole nitrogens is 1. The molecule has 162 valence electrons. The second-order valence-electron chi connectivity index (χ2n) is 7.92. The fourth-order valence-electron chi connectivity index (χ4n) is 4.04. The van der Waals surface area contributed by atoms with Gasteiger partial charge < -0.3 is 20.9 Å². The van der Waals surface area contributed by atoms with Gasteiger partial charge in [0, 0.05) is 49.8 Å². The monoisotopic (exact) mass is 427 g/mol. The van der Waals surface area contributed by atoms with E-state index in [1.807, 2.05) is 12.1 Å². The molecular formula is C24H25N7O. The van der Waals surface area contributed by atoms with Gasteiger partial charge in [-0.2, -0.15) is 0 Å². The van der Waals surface area contributed by atoms with E-state index < -0.39 is 0 Å². The number of anilines is 3. The third-order valence-electron chi connectivity index (χ3n) is 5.84. The predicted molar refractivity (Wildman–Crippen MR) is 127 cm³/mol. The van der Waals surface area contributed by atoms with Crippen LogP contribution >= 0.6 is 0 Å². The van der Waals surface area contributed by atoms with Crippen molar-refractivity contribution in [2.45, 2.75) is 6.54 Å². The van der Waals surface area contributed by atoms with Crippen LogP contribution in [0.1, 0.15) is 16.1 Å². The van der Waals surface area contributed by atoms with Gasteiger partial charge in [0.1, 0.15) is 11.5 Å². The zero-order valence-electron chi connectivity index (χ0n) is 17.7. The second-order valence-corrected chi connectivity index (χ2v) is 7.92. The molecule has 8 heteroatoms. The van der Waals surface area contributed by atoms with Crippen molar-refractivity contribution >= 4 is 34.0 Å². The number of carbonyl (C=O) groups excluding carboxylic acids is 1. The Kier molecular flexibility index (Phi) is 5.43. The first-order valence-electron chi connectivity index (χ1n) is 10.7. The molecule has 0 unspecified atom stereocenters. The van der Waals surface area contributed by atoms with Gasteiger partial charge in [-0.3, -0.25) is 9.69 Å². The molecule has 2 aromatic heterocycles. The van der Waals surface area contributed by atoms with Crippen LogP contribution in [0.25, 0.3) is 10.9 Å². The number of rotatable bonds is 5. The standard InChI is InChI=1S/C24H25N7O/c25-19-6-2-4-8-21(19)29-24(32)22-14-28-23(15-27-22)31-11-9-30(10-12-31)16-17-13-26-20-7-3-1-5-18(17)20/h1-8,13-15,26H,9-12,16,25H2,(H,29,32). The quantitative estimate of drug-likeness (QED) is 0.423. The van der Waals surface area contributed by atoms with Crippen LogP contribution in [0.2, 0.25) is 0 Å². The Hall–Kier alpha value is -3.91. The lowest BCUT2D eigenvalue weighted by atomic mass is 10.1. The van der Waals surface area contributed by atoms with Crippen LogP contribution in [-0.4, -0.2) is 51.9 Å². The van der Waals surface area contributed by atoms with Crippen LogP contribution in [0.3, 0.4) is 0 Å². The lowest BCUT2D eigenvalue weighted by molar-refractivity contribution is 0.102. The number of amides is 1. The number of carbonyl (C=O) groups is 1. The molecule has 4 N–H and O–H groups in total. The Bertz CT molecular complexity index is 1230. The highest BCUT2D eigenvalue weighted by atomic mass is 16.1. The van der Waals surface area contributed by atoms with Gasteiger partial charge in [-0.1, -0.05) is 30.3 Å². The van der Waals surface area contributed by atoms with Crippen LogP contribution in [0.15, 0.2) is 67.1 Å². The Balaban J connectivity index is 1.18. The number of fused-ring (bicyclic) bond motifs is 1. The van der Waals surface area contributed by atoms with Crippen molar-refractivity contribution in [3.05, 3.63) is 78.4 Å². The summed E-state index contributed by atoms with van der Waals surface area (Å²) < 4.78 is 0. The summed E-state index contributed by atoms with van der Waals surface area (Å²) in [5.74, 6) is 0.456. The maximum Gasteiger partial charge on any atom is 0.275 e. The molecule has 1 saturated heterocycles. The highest BCUT2D eigenvalue weighted by Crippen LogP contribution is 2.21. The molecule has 8 nitrogen and oxygen atoms in total. The molecule has 0 atom stereocenters. The first-order valence-corrected chi connectivity index (χ1v) is 10.7. The summed E-state index contributed by atoms with van der Waals surface area (Å²) in [7, 11) is 0. The van der Waals surface area contributed by atoms with E-state index in [1.165, 1.54) is 22.7 Å². The molecule has 3 heterocycles. The molecule has 1 fully saturated rings. The molecule has 1 amide bonds. The van der Waals surface area contributed by atoms with E-state index in [9.17, 15) is 4.79 Å². The van der Waals surface area contributed by atoms with Gasteiger partial charge in [0.2, 0.25) is 0 Å². The molecule has 5 rings (SSSR count). The van der Waals surface area contributed by atoms with E-state index in [1.54, 1.807) is 18.3 Å². The summed E-state index contributed by atoms with van der Waals surface area (Å²) in [5, 5.41) is 4.06. The maximum absolute atomic E-state index is 12.4. The maximum atomic E-state index is 12.4. The zero-order chi connectivity index (χ0) is 21.9. The van der Waals surface area contributed by atoms with Crippen LogP contribution in [0, 0.1) is 0 Å². The van der Waals surface area contributed by atoms with E-state index in [-0.39, 0.29) is 11.6 Å². The lowest BCUT2D eigenvalue weighted by Crippen LogP contribution is -2.46. The van der Waals surface area contributed by atoms with Crippen molar-refractivity contribution in [1.29, 1.82) is 0 Å². The zero-order valence-corrected chi connectivity index (χ0v) is 17.7. The number of nitrogens with two attached hydrogens (primary N) is 1. The lowest BCUT2D eigenvalue weighted by Gasteiger charge is -2.35. The van der Waals surface area contributed by atoms with Crippen molar-refractivity contribution < 1.29 is 4.79 Å². The number of hydrogen-bond donors (Lipinski definition) is 3. The van der Waals surface area contributed by atoms with Gasteiger partial charge in [0.25, 0.3) is 5.91 Å². The Morgan fingerprint density at radius 1 is 1.00 bits per heavy atom. The van der Waals surface area contributed by atoms with Crippen LogP contribution < -0.4 is 16.0 Å². The van der Waals surface area contributed by atoms with Gasteiger partial charge in [-0.25, -0.2) is 9.97 Å². The Morgan fingerprint density at radius 2 is 1.78 bits per heavy atom. The van der Waals surface area contributed by atoms with Crippen molar-refractivity contribution in [2.24, 2.45) is 0 Å². The van der Waals surface area contributed by atoms with Crippen LogP contribution in [0.5, 0.6) is 0 Å². The third-order valence-corrected chi connectivity index (χ3v) is 5.84. The number of aromatic nitrogens is 3. The van der Waals surface area contributed by atoms with E-state index >= 15 is 0 Å². The number of nitrogen functional groups attached to an aromatic ring is 1. The van der Waals surface area contributed by atoms with Gasteiger partial charge in [-0.05, 0) is 23.8 Å². The summed E-state index contributed by atoms with van der Waals surface area (Å²) in [4.78, 5) is 29.2. The molecule has 1 aliphatic heterocycles. The minimum atomic E-state index is -0.328. The number of nitrogens with zero attached hydrogens (tertiary/aromatic N) is 4. The number of nitrogens with one attached hydrogen (secondary N) is 2. The van der Waals surface area contributed by atoms with Crippen LogP contribution in [0.4, 0.5) is 17.2 Å². The molecule has 0 radical (unpaired) electrons. The number of benzene rings is 2. The Labute approximate surface area is 186 Å². The number of aromatic amines is 1. The SMILES string of the molecule is Nc1ccccc1NC(=O)c1cnc(N2CCN(Cc3c[nH]c4ccccc34)CC2)cn1.